The first-order chi connectivity index (χ1) is 6.15. The number of H-pyrrole nitrogens is 2. The molecule has 72 valence electrons. The number of carbonyl (C=O) groups is 1. The highest BCUT2D eigenvalue weighted by molar-refractivity contribution is 5.70. The Bertz CT molecular complexity index is 351. The Kier molecular flexibility index (Phi) is 2.89. The number of aromatic nitrogens is 2. The van der Waals surface area contributed by atoms with E-state index in [0.717, 1.165) is 6.42 Å². The van der Waals surface area contributed by atoms with Gasteiger partial charge in [0.05, 0.1) is 12.0 Å². The molecule has 0 radical (unpaired) electrons. The molecule has 0 saturated heterocycles. The molecule has 5 nitrogen and oxygen atoms in total. The van der Waals surface area contributed by atoms with Gasteiger partial charge in [-0.15, -0.1) is 0 Å². The Hall–Kier alpha value is -1.52. The first kappa shape index (κ1) is 9.57. The molecule has 5 heteroatoms. The third-order valence-corrected chi connectivity index (χ3v) is 1.79. The lowest BCUT2D eigenvalue weighted by Crippen LogP contribution is -2.12. The van der Waals surface area contributed by atoms with Crippen LogP contribution in [0.1, 0.15) is 24.6 Å². The van der Waals surface area contributed by atoms with E-state index < -0.39 is 5.97 Å². The van der Waals surface area contributed by atoms with Crippen molar-refractivity contribution in [3.8, 4) is 0 Å². The van der Waals surface area contributed by atoms with Gasteiger partial charge in [-0.25, -0.2) is 0 Å². The van der Waals surface area contributed by atoms with Gasteiger partial charge in [0.1, 0.15) is 0 Å². The predicted octanol–water partition coefficient (Wildman–Crippen LogP) is 0.283. The highest BCUT2D eigenvalue weighted by Crippen LogP contribution is 2.03. The van der Waals surface area contributed by atoms with Crippen molar-refractivity contribution < 1.29 is 9.90 Å². The third kappa shape index (κ3) is 2.21. The second-order valence-corrected chi connectivity index (χ2v) is 2.86. The van der Waals surface area contributed by atoms with Crippen molar-refractivity contribution in [1.82, 2.24) is 10.2 Å². The first-order valence-corrected chi connectivity index (χ1v) is 4.15. The topological polar surface area (TPSA) is 86.0 Å². The molecule has 0 unspecified atom stereocenters. The van der Waals surface area contributed by atoms with E-state index in [0.29, 0.717) is 17.7 Å². The van der Waals surface area contributed by atoms with Gasteiger partial charge in [-0.3, -0.25) is 14.7 Å². The minimum absolute atomic E-state index is 0.214. The molecule has 0 bridgehead atoms. The van der Waals surface area contributed by atoms with Crippen LogP contribution in [0.25, 0.3) is 0 Å². The Labute approximate surface area is 74.8 Å². The number of nitrogens with one attached hydrogen (secondary N) is 2. The Morgan fingerprint density at radius 1 is 1.46 bits per heavy atom. The molecule has 1 heterocycles. The Balaban J connectivity index is 2.94. The largest absolute Gasteiger partial charge is 0.481 e. The fraction of sp³-hybridized carbons (Fsp3) is 0.500. The lowest BCUT2D eigenvalue weighted by atomic mass is 10.1. The summed E-state index contributed by atoms with van der Waals surface area (Å²) >= 11 is 0. The van der Waals surface area contributed by atoms with Crippen molar-refractivity contribution in [2.45, 2.75) is 26.2 Å². The maximum absolute atomic E-state index is 11.1. The molecule has 1 aromatic heterocycles. The van der Waals surface area contributed by atoms with Crippen LogP contribution in [0.2, 0.25) is 0 Å². The van der Waals surface area contributed by atoms with E-state index in [4.69, 9.17) is 5.11 Å². The Morgan fingerprint density at radius 3 is 2.69 bits per heavy atom. The summed E-state index contributed by atoms with van der Waals surface area (Å²) in [5, 5.41) is 13.6. The molecule has 1 aromatic rings. The number of aromatic amines is 2. The SMILES string of the molecule is CCCc1[nH][nH]c(=O)c1CC(=O)O. The average Bonchev–Trinajstić information content (AvgIpc) is 2.36. The van der Waals surface area contributed by atoms with Crippen LogP contribution >= 0.6 is 0 Å². The summed E-state index contributed by atoms with van der Waals surface area (Å²) < 4.78 is 0. The zero-order valence-corrected chi connectivity index (χ0v) is 7.39. The molecule has 0 spiro atoms. The second kappa shape index (κ2) is 3.93. The maximum atomic E-state index is 11.1. The lowest BCUT2D eigenvalue weighted by molar-refractivity contribution is -0.136. The molecule has 0 aliphatic heterocycles. The normalized spacial score (nSPS) is 10.2. The van der Waals surface area contributed by atoms with Gasteiger partial charge in [-0.1, -0.05) is 13.3 Å². The van der Waals surface area contributed by atoms with Crippen LogP contribution in [0.5, 0.6) is 0 Å². The number of aliphatic carboxylic acids is 1. The number of hydrogen-bond acceptors (Lipinski definition) is 2. The van der Waals surface area contributed by atoms with Crippen LogP contribution in [0.4, 0.5) is 0 Å². The fourth-order valence-electron chi connectivity index (χ4n) is 1.22. The Morgan fingerprint density at radius 2 is 2.15 bits per heavy atom. The highest BCUT2D eigenvalue weighted by Gasteiger charge is 2.11. The van der Waals surface area contributed by atoms with Crippen LogP contribution in [-0.4, -0.2) is 21.3 Å². The minimum atomic E-state index is -0.984. The monoisotopic (exact) mass is 184 g/mol. The van der Waals surface area contributed by atoms with E-state index in [1.165, 1.54) is 0 Å². The van der Waals surface area contributed by atoms with Gasteiger partial charge in [-0.2, -0.15) is 0 Å². The first-order valence-electron chi connectivity index (χ1n) is 4.15. The van der Waals surface area contributed by atoms with E-state index in [1.54, 1.807) is 0 Å². The number of carboxylic acids is 1. The summed E-state index contributed by atoms with van der Waals surface area (Å²) in [7, 11) is 0. The molecular weight excluding hydrogens is 172 g/mol. The van der Waals surface area contributed by atoms with Crippen LogP contribution in [0, 0.1) is 0 Å². The average molecular weight is 184 g/mol. The summed E-state index contributed by atoms with van der Waals surface area (Å²) in [6.45, 7) is 1.97. The molecule has 0 aliphatic rings. The summed E-state index contributed by atoms with van der Waals surface area (Å²) in [6.07, 6.45) is 1.36. The molecule has 0 atom stereocenters. The van der Waals surface area contributed by atoms with Crippen LogP contribution in [0.3, 0.4) is 0 Å². The molecule has 3 N–H and O–H groups in total. The summed E-state index contributed by atoms with van der Waals surface area (Å²) in [5.41, 5.74) is 0.718. The van der Waals surface area contributed by atoms with E-state index in [1.807, 2.05) is 6.92 Å². The smallest absolute Gasteiger partial charge is 0.308 e. The van der Waals surface area contributed by atoms with Gasteiger partial charge in [0.25, 0.3) is 5.56 Å². The van der Waals surface area contributed by atoms with Gasteiger partial charge in [-0.05, 0) is 6.42 Å². The zero-order valence-electron chi connectivity index (χ0n) is 7.39. The number of hydrogen-bond donors (Lipinski definition) is 3. The van der Waals surface area contributed by atoms with Gasteiger partial charge in [0.15, 0.2) is 0 Å². The number of aryl methyl sites for hydroxylation is 1. The van der Waals surface area contributed by atoms with Crippen LogP contribution < -0.4 is 5.56 Å². The molecule has 0 aromatic carbocycles. The molecule has 0 aliphatic carbocycles. The second-order valence-electron chi connectivity index (χ2n) is 2.86. The molecule has 1 rings (SSSR count). The van der Waals surface area contributed by atoms with Crippen molar-refractivity contribution in [1.29, 1.82) is 0 Å². The summed E-state index contributed by atoms with van der Waals surface area (Å²) in [5.74, 6) is -0.984. The standard InChI is InChI=1S/C8H12N2O3/c1-2-3-6-5(4-7(11)12)8(13)10-9-6/h2-4H2,1H3,(H,11,12)(H2,9,10,13). The predicted molar refractivity (Wildman–Crippen MR) is 46.7 cm³/mol. The summed E-state index contributed by atoms with van der Waals surface area (Å²) in [6, 6.07) is 0. The van der Waals surface area contributed by atoms with Crippen LogP contribution in [0.15, 0.2) is 4.79 Å². The molecule has 0 fully saturated rings. The molecular formula is C8H12N2O3. The van der Waals surface area contributed by atoms with Gasteiger partial charge in [0.2, 0.25) is 0 Å². The van der Waals surface area contributed by atoms with Crippen molar-refractivity contribution in [3.63, 3.8) is 0 Å². The van der Waals surface area contributed by atoms with Crippen molar-refractivity contribution in [3.05, 3.63) is 21.6 Å². The van der Waals surface area contributed by atoms with E-state index in [-0.39, 0.29) is 12.0 Å². The summed E-state index contributed by atoms with van der Waals surface area (Å²) in [4.78, 5) is 21.5. The van der Waals surface area contributed by atoms with E-state index in [2.05, 4.69) is 10.2 Å². The fourth-order valence-corrected chi connectivity index (χ4v) is 1.22. The van der Waals surface area contributed by atoms with Crippen molar-refractivity contribution >= 4 is 5.97 Å². The van der Waals surface area contributed by atoms with E-state index >= 15 is 0 Å². The van der Waals surface area contributed by atoms with Crippen molar-refractivity contribution in [2.75, 3.05) is 0 Å². The van der Waals surface area contributed by atoms with Crippen molar-refractivity contribution in [2.24, 2.45) is 0 Å². The minimum Gasteiger partial charge on any atom is -0.481 e. The van der Waals surface area contributed by atoms with Gasteiger partial charge < -0.3 is 10.2 Å². The van der Waals surface area contributed by atoms with E-state index in [9.17, 15) is 9.59 Å². The third-order valence-electron chi connectivity index (χ3n) is 1.79. The quantitative estimate of drug-likeness (QED) is 0.628. The maximum Gasteiger partial charge on any atom is 0.308 e. The van der Waals surface area contributed by atoms with Crippen LogP contribution in [-0.2, 0) is 17.6 Å². The zero-order chi connectivity index (χ0) is 9.84. The highest BCUT2D eigenvalue weighted by atomic mass is 16.4. The van der Waals surface area contributed by atoms with Gasteiger partial charge >= 0.3 is 5.97 Å². The number of rotatable bonds is 4. The molecule has 13 heavy (non-hydrogen) atoms. The van der Waals surface area contributed by atoms with Gasteiger partial charge in [0, 0.05) is 5.69 Å². The molecule has 0 amide bonds. The molecule has 0 saturated carbocycles. The lowest BCUT2D eigenvalue weighted by Gasteiger charge is -1.96. The number of carboxylic acid groups (broad SMARTS) is 1.